The lowest BCUT2D eigenvalue weighted by Crippen LogP contribution is -2.27. The molecule has 4 rings (SSSR count). The molecule has 1 atom stereocenters. The molecule has 1 aliphatic heterocycles. The molecule has 0 amide bonds. The molecule has 3 heterocycles. The third-order valence-electron chi connectivity index (χ3n) is 5.18. The van der Waals surface area contributed by atoms with Gasteiger partial charge in [0.05, 0.1) is 11.6 Å². The Labute approximate surface area is 159 Å². The summed E-state index contributed by atoms with van der Waals surface area (Å²) in [6, 6.07) is 10.8. The average Bonchev–Trinajstić information content (AvgIpc) is 3.30. The lowest BCUT2D eigenvalue weighted by Gasteiger charge is -2.17. The Bertz CT molecular complexity index is 894. The van der Waals surface area contributed by atoms with Crippen LogP contribution in [-0.4, -0.2) is 57.9 Å². The molecule has 0 aliphatic carbocycles. The van der Waals surface area contributed by atoms with Crippen molar-refractivity contribution in [3.8, 4) is 0 Å². The monoisotopic (exact) mass is 366 g/mol. The lowest BCUT2D eigenvalue weighted by molar-refractivity contribution is 0.178. The SMILES string of the molecule is COCc1nc(NCCN2CC[C@H](c3ccccc3)C2)c2cnn(C)c2n1. The molecular formula is C20H26N6O. The van der Waals surface area contributed by atoms with Crippen LogP contribution in [-0.2, 0) is 18.4 Å². The van der Waals surface area contributed by atoms with Crippen LogP contribution in [0.1, 0.15) is 23.7 Å². The highest BCUT2D eigenvalue weighted by molar-refractivity contribution is 5.86. The van der Waals surface area contributed by atoms with E-state index in [9.17, 15) is 0 Å². The van der Waals surface area contributed by atoms with Crippen molar-refractivity contribution < 1.29 is 4.74 Å². The van der Waals surface area contributed by atoms with Gasteiger partial charge in [0.1, 0.15) is 12.4 Å². The van der Waals surface area contributed by atoms with Crippen LogP contribution in [0.3, 0.4) is 0 Å². The number of fused-ring (bicyclic) bond motifs is 1. The molecule has 1 saturated heterocycles. The first kappa shape index (κ1) is 17.9. The maximum absolute atomic E-state index is 5.20. The zero-order valence-electron chi connectivity index (χ0n) is 15.9. The molecule has 1 aromatic carbocycles. The summed E-state index contributed by atoms with van der Waals surface area (Å²) in [5.41, 5.74) is 2.27. The summed E-state index contributed by atoms with van der Waals surface area (Å²) in [5, 5.41) is 8.73. The van der Waals surface area contributed by atoms with Gasteiger partial charge < -0.3 is 15.0 Å². The van der Waals surface area contributed by atoms with Crippen molar-refractivity contribution in [3.05, 3.63) is 47.9 Å². The van der Waals surface area contributed by atoms with Crippen LogP contribution in [0.25, 0.3) is 11.0 Å². The molecule has 1 aliphatic rings. The molecule has 7 nitrogen and oxygen atoms in total. The van der Waals surface area contributed by atoms with Crippen LogP contribution in [0, 0.1) is 0 Å². The summed E-state index contributed by atoms with van der Waals surface area (Å²) in [6.07, 6.45) is 3.04. The minimum absolute atomic E-state index is 0.390. The van der Waals surface area contributed by atoms with Crippen molar-refractivity contribution in [2.75, 3.05) is 38.6 Å². The van der Waals surface area contributed by atoms with Gasteiger partial charge in [-0.25, -0.2) is 9.97 Å². The number of ether oxygens (including phenoxy) is 1. The van der Waals surface area contributed by atoms with E-state index in [-0.39, 0.29) is 0 Å². The fraction of sp³-hybridized carbons (Fsp3) is 0.450. The topological polar surface area (TPSA) is 68.1 Å². The number of rotatable bonds is 7. The number of benzene rings is 1. The maximum atomic E-state index is 5.20. The van der Waals surface area contributed by atoms with E-state index in [0.29, 0.717) is 18.3 Å². The molecule has 1 fully saturated rings. The molecule has 1 N–H and O–H groups in total. The zero-order chi connectivity index (χ0) is 18.6. The van der Waals surface area contributed by atoms with Crippen LogP contribution < -0.4 is 5.32 Å². The van der Waals surface area contributed by atoms with E-state index in [2.05, 4.69) is 55.6 Å². The summed E-state index contributed by atoms with van der Waals surface area (Å²) < 4.78 is 6.97. The minimum atomic E-state index is 0.390. The molecule has 142 valence electrons. The summed E-state index contributed by atoms with van der Waals surface area (Å²) >= 11 is 0. The molecule has 0 bridgehead atoms. The largest absolute Gasteiger partial charge is 0.377 e. The standard InChI is InChI=1S/C20H26N6O/c1-25-20-17(12-22-25)19(23-18(24-20)14-27-2)21-9-11-26-10-8-16(13-26)15-6-4-3-5-7-15/h3-7,12,16H,8-11,13-14H2,1-2H3,(H,21,23,24)/t16-/m0/s1. The van der Waals surface area contributed by atoms with E-state index in [0.717, 1.165) is 43.0 Å². The van der Waals surface area contributed by atoms with E-state index in [1.807, 2.05) is 13.2 Å². The number of nitrogens with zero attached hydrogens (tertiary/aromatic N) is 5. The molecule has 2 aromatic heterocycles. The van der Waals surface area contributed by atoms with Crippen molar-refractivity contribution in [3.63, 3.8) is 0 Å². The van der Waals surface area contributed by atoms with Gasteiger partial charge in [-0.1, -0.05) is 30.3 Å². The molecular weight excluding hydrogens is 340 g/mol. The number of methoxy groups -OCH3 is 1. The first-order valence-corrected chi connectivity index (χ1v) is 9.43. The minimum Gasteiger partial charge on any atom is -0.377 e. The van der Waals surface area contributed by atoms with Crippen molar-refractivity contribution >= 4 is 16.9 Å². The number of aryl methyl sites for hydroxylation is 1. The average molecular weight is 366 g/mol. The second kappa shape index (κ2) is 8.02. The van der Waals surface area contributed by atoms with E-state index in [4.69, 9.17) is 4.74 Å². The van der Waals surface area contributed by atoms with Gasteiger partial charge >= 0.3 is 0 Å². The van der Waals surface area contributed by atoms with Gasteiger partial charge in [0.15, 0.2) is 11.5 Å². The van der Waals surface area contributed by atoms with Crippen LogP contribution in [0.15, 0.2) is 36.5 Å². The van der Waals surface area contributed by atoms with Gasteiger partial charge in [-0.05, 0) is 24.4 Å². The quantitative estimate of drug-likeness (QED) is 0.693. The number of hydrogen-bond donors (Lipinski definition) is 1. The van der Waals surface area contributed by atoms with Crippen molar-refractivity contribution in [2.24, 2.45) is 7.05 Å². The second-order valence-electron chi connectivity index (χ2n) is 7.05. The molecule has 0 radical (unpaired) electrons. The number of anilines is 1. The highest BCUT2D eigenvalue weighted by Gasteiger charge is 2.23. The Morgan fingerprint density at radius 2 is 2.07 bits per heavy atom. The van der Waals surface area contributed by atoms with E-state index >= 15 is 0 Å². The molecule has 3 aromatic rings. The Balaban J connectivity index is 1.38. The van der Waals surface area contributed by atoms with Crippen LogP contribution in [0.5, 0.6) is 0 Å². The normalized spacial score (nSPS) is 17.6. The van der Waals surface area contributed by atoms with Gasteiger partial charge in [-0.3, -0.25) is 4.68 Å². The van der Waals surface area contributed by atoms with Gasteiger partial charge in [0.25, 0.3) is 0 Å². The Morgan fingerprint density at radius 3 is 2.89 bits per heavy atom. The Hall–Kier alpha value is -2.51. The van der Waals surface area contributed by atoms with Crippen LogP contribution >= 0.6 is 0 Å². The maximum Gasteiger partial charge on any atom is 0.163 e. The molecule has 0 spiro atoms. The number of hydrogen-bond acceptors (Lipinski definition) is 6. The van der Waals surface area contributed by atoms with Gasteiger partial charge in [0, 0.05) is 33.8 Å². The van der Waals surface area contributed by atoms with Gasteiger partial charge in [-0.2, -0.15) is 5.10 Å². The number of likely N-dealkylation sites (tertiary alicyclic amines) is 1. The molecule has 0 saturated carbocycles. The summed E-state index contributed by atoms with van der Waals surface area (Å²) in [7, 11) is 3.55. The van der Waals surface area contributed by atoms with Gasteiger partial charge in [0.2, 0.25) is 0 Å². The first-order chi connectivity index (χ1) is 13.2. The van der Waals surface area contributed by atoms with Crippen LogP contribution in [0.4, 0.5) is 5.82 Å². The van der Waals surface area contributed by atoms with Crippen molar-refractivity contribution in [1.82, 2.24) is 24.6 Å². The number of nitrogens with one attached hydrogen (secondary N) is 1. The van der Waals surface area contributed by atoms with Gasteiger partial charge in [-0.15, -0.1) is 0 Å². The predicted octanol–water partition coefficient (Wildman–Crippen LogP) is 2.41. The summed E-state index contributed by atoms with van der Waals surface area (Å²) in [4.78, 5) is 11.7. The Morgan fingerprint density at radius 1 is 1.22 bits per heavy atom. The summed E-state index contributed by atoms with van der Waals surface area (Å²) in [6.45, 7) is 4.49. The fourth-order valence-corrected chi connectivity index (χ4v) is 3.76. The van der Waals surface area contributed by atoms with E-state index in [1.165, 1.54) is 12.0 Å². The molecule has 0 unspecified atom stereocenters. The van der Waals surface area contributed by atoms with Crippen molar-refractivity contribution in [2.45, 2.75) is 18.9 Å². The lowest BCUT2D eigenvalue weighted by atomic mass is 9.99. The summed E-state index contributed by atoms with van der Waals surface area (Å²) in [5.74, 6) is 2.14. The fourth-order valence-electron chi connectivity index (χ4n) is 3.76. The first-order valence-electron chi connectivity index (χ1n) is 9.43. The predicted molar refractivity (Wildman–Crippen MR) is 106 cm³/mol. The number of aromatic nitrogens is 4. The van der Waals surface area contributed by atoms with Crippen LogP contribution in [0.2, 0.25) is 0 Å². The molecule has 7 heteroatoms. The zero-order valence-corrected chi connectivity index (χ0v) is 15.9. The van der Waals surface area contributed by atoms with Crippen molar-refractivity contribution in [1.29, 1.82) is 0 Å². The van der Waals surface area contributed by atoms with E-state index in [1.54, 1.807) is 11.8 Å². The van der Waals surface area contributed by atoms with E-state index < -0.39 is 0 Å². The smallest absolute Gasteiger partial charge is 0.163 e. The Kier molecular flexibility index (Phi) is 5.31. The third kappa shape index (κ3) is 3.94. The highest BCUT2D eigenvalue weighted by Crippen LogP contribution is 2.26. The third-order valence-corrected chi connectivity index (χ3v) is 5.18. The second-order valence-corrected chi connectivity index (χ2v) is 7.05. The molecule has 27 heavy (non-hydrogen) atoms. The highest BCUT2D eigenvalue weighted by atomic mass is 16.5.